The van der Waals surface area contributed by atoms with E-state index in [1.165, 1.54) is 12.1 Å². The quantitative estimate of drug-likeness (QED) is 0.625. The topological polar surface area (TPSA) is 60.4 Å². The second-order valence-corrected chi connectivity index (χ2v) is 4.90. The molecule has 1 aromatic carbocycles. The molecule has 0 unspecified atom stereocenters. The van der Waals surface area contributed by atoms with Gasteiger partial charge in [0.25, 0.3) is 0 Å². The van der Waals surface area contributed by atoms with Gasteiger partial charge in [-0.3, -0.25) is 0 Å². The summed E-state index contributed by atoms with van der Waals surface area (Å²) in [7, 11) is -6.32. The molecule has 0 aliphatic rings. The van der Waals surface area contributed by atoms with Gasteiger partial charge in [-0.2, -0.15) is 17.2 Å². The fraction of sp³-hybridized carbons (Fsp3) is 0.300. The Morgan fingerprint density at radius 1 is 1.28 bits per heavy atom. The Morgan fingerprint density at radius 3 is 2.22 bits per heavy atom. The molecule has 0 fully saturated rings. The lowest BCUT2D eigenvalue weighted by molar-refractivity contribution is -0.162. The maximum atomic E-state index is 12.7. The zero-order valence-corrected chi connectivity index (χ0v) is 10.0. The summed E-state index contributed by atoms with van der Waals surface area (Å²) in [5, 5.41) is -5.18. The van der Waals surface area contributed by atoms with Crippen LogP contribution in [-0.2, 0) is 26.4 Å². The summed E-state index contributed by atoms with van der Waals surface area (Å²) >= 11 is 0. The number of benzene rings is 1. The maximum Gasteiger partial charge on any atom is 0.470 e. The summed E-state index contributed by atoms with van der Waals surface area (Å²) in [6.45, 7) is 1.23. The van der Waals surface area contributed by atoms with Crippen LogP contribution in [-0.4, -0.2) is 19.6 Å². The van der Waals surface area contributed by atoms with Crippen LogP contribution in [0.1, 0.15) is 11.1 Å². The van der Waals surface area contributed by atoms with Gasteiger partial charge in [0.1, 0.15) is 6.61 Å². The monoisotopic (exact) mass is 282 g/mol. The SMILES string of the molecule is Cc1ccc(COC(=O)C(F)(F)S(=O)(=O)F)cc1. The maximum absolute atomic E-state index is 12.7. The Morgan fingerprint density at radius 2 is 1.78 bits per heavy atom. The Balaban J connectivity index is 2.70. The smallest absolute Gasteiger partial charge is 0.455 e. The minimum absolute atomic E-state index is 0.376. The summed E-state index contributed by atoms with van der Waals surface area (Å²) in [5.41, 5.74) is 1.28. The highest BCUT2D eigenvalue weighted by Crippen LogP contribution is 2.25. The van der Waals surface area contributed by atoms with E-state index in [0.717, 1.165) is 5.56 Å². The molecule has 0 N–H and O–H groups in total. The van der Waals surface area contributed by atoms with Crippen molar-refractivity contribution in [3.63, 3.8) is 0 Å². The van der Waals surface area contributed by atoms with E-state index in [1.54, 1.807) is 19.1 Å². The molecule has 0 heterocycles. The molecule has 0 aromatic heterocycles. The summed E-state index contributed by atoms with van der Waals surface area (Å²) in [6, 6.07) is 6.30. The van der Waals surface area contributed by atoms with Crippen LogP contribution in [0.5, 0.6) is 0 Å². The van der Waals surface area contributed by atoms with E-state index in [9.17, 15) is 25.9 Å². The van der Waals surface area contributed by atoms with Gasteiger partial charge in [-0.15, -0.1) is 0 Å². The molecule has 100 valence electrons. The van der Waals surface area contributed by atoms with Crippen LogP contribution in [0.4, 0.5) is 12.7 Å². The Labute approximate surface area is 102 Å². The number of hydrogen-bond acceptors (Lipinski definition) is 4. The van der Waals surface area contributed by atoms with Crippen LogP contribution in [0.3, 0.4) is 0 Å². The van der Waals surface area contributed by atoms with E-state index >= 15 is 0 Å². The Hall–Kier alpha value is -1.57. The fourth-order valence-electron chi connectivity index (χ4n) is 1.02. The second-order valence-electron chi connectivity index (χ2n) is 3.52. The van der Waals surface area contributed by atoms with Gasteiger partial charge in [0.15, 0.2) is 0 Å². The minimum Gasteiger partial charge on any atom is -0.455 e. The van der Waals surface area contributed by atoms with Crippen molar-refractivity contribution >= 4 is 16.2 Å². The standard InChI is InChI=1S/C10H9F3O4S/c1-7-2-4-8(5-3-7)6-17-9(14)10(11,12)18(13,15)16/h2-5H,6H2,1H3. The van der Waals surface area contributed by atoms with Crippen LogP contribution in [0.15, 0.2) is 24.3 Å². The largest absolute Gasteiger partial charge is 0.470 e. The Bertz CT molecular complexity index is 537. The molecule has 18 heavy (non-hydrogen) atoms. The molecule has 4 nitrogen and oxygen atoms in total. The molecule has 0 atom stereocenters. The van der Waals surface area contributed by atoms with Crippen LogP contribution < -0.4 is 0 Å². The van der Waals surface area contributed by atoms with Crippen LogP contribution in [0, 0.1) is 6.92 Å². The lowest BCUT2D eigenvalue weighted by Gasteiger charge is -2.11. The molecule has 1 rings (SSSR count). The summed E-state index contributed by atoms with van der Waals surface area (Å²) < 4.78 is 61.5. The summed E-state index contributed by atoms with van der Waals surface area (Å²) in [5.74, 6) is -2.44. The molecule has 0 saturated carbocycles. The minimum atomic E-state index is -6.32. The summed E-state index contributed by atoms with van der Waals surface area (Å²) in [4.78, 5) is 10.8. The fourth-order valence-corrected chi connectivity index (χ4v) is 1.27. The molecule has 0 saturated heterocycles. The predicted molar refractivity (Wildman–Crippen MR) is 55.9 cm³/mol. The molecular formula is C10H9F3O4S. The zero-order valence-electron chi connectivity index (χ0n) is 9.19. The van der Waals surface area contributed by atoms with Gasteiger partial charge < -0.3 is 4.74 Å². The van der Waals surface area contributed by atoms with Gasteiger partial charge >= 0.3 is 21.4 Å². The van der Waals surface area contributed by atoms with E-state index in [1.807, 2.05) is 0 Å². The molecule has 0 bridgehead atoms. The van der Waals surface area contributed by atoms with E-state index in [0.29, 0.717) is 5.56 Å². The van der Waals surface area contributed by atoms with Crippen molar-refractivity contribution < 1.29 is 30.6 Å². The molecule has 0 aliphatic heterocycles. The van der Waals surface area contributed by atoms with Crippen molar-refractivity contribution in [2.75, 3.05) is 0 Å². The highest BCUT2D eigenvalue weighted by Gasteiger charge is 2.55. The average Bonchev–Trinajstić information content (AvgIpc) is 2.26. The molecule has 8 heteroatoms. The van der Waals surface area contributed by atoms with Gasteiger partial charge in [0.2, 0.25) is 0 Å². The number of rotatable bonds is 4. The molecule has 0 aliphatic carbocycles. The normalized spacial score (nSPS) is 12.2. The number of aryl methyl sites for hydroxylation is 1. The molecule has 0 amide bonds. The number of carbonyl (C=O) groups excluding carboxylic acids is 1. The predicted octanol–water partition coefficient (Wildman–Crippen LogP) is 1.93. The van der Waals surface area contributed by atoms with Crippen molar-refractivity contribution in [3.05, 3.63) is 35.4 Å². The Kier molecular flexibility index (Phi) is 4.00. The third-order valence-electron chi connectivity index (χ3n) is 2.03. The van der Waals surface area contributed by atoms with Gasteiger partial charge in [-0.25, -0.2) is 4.79 Å². The summed E-state index contributed by atoms with van der Waals surface area (Å²) in [6.07, 6.45) is 0. The van der Waals surface area contributed by atoms with Crippen molar-refractivity contribution in [3.8, 4) is 0 Å². The number of ether oxygens (including phenoxy) is 1. The van der Waals surface area contributed by atoms with E-state index in [4.69, 9.17) is 0 Å². The van der Waals surface area contributed by atoms with Crippen molar-refractivity contribution in [2.45, 2.75) is 18.8 Å². The first kappa shape index (κ1) is 14.5. The highest BCUT2D eigenvalue weighted by atomic mass is 32.3. The lowest BCUT2D eigenvalue weighted by atomic mass is 10.2. The van der Waals surface area contributed by atoms with Crippen molar-refractivity contribution in [1.82, 2.24) is 0 Å². The first-order valence-electron chi connectivity index (χ1n) is 4.69. The third-order valence-corrected chi connectivity index (χ3v) is 2.81. The molecular weight excluding hydrogens is 273 g/mol. The first-order valence-corrected chi connectivity index (χ1v) is 6.08. The van der Waals surface area contributed by atoms with E-state index in [-0.39, 0.29) is 0 Å². The van der Waals surface area contributed by atoms with Crippen LogP contribution in [0.25, 0.3) is 0 Å². The third kappa shape index (κ3) is 3.22. The van der Waals surface area contributed by atoms with Gasteiger partial charge in [0.05, 0.1) is 0 Å². The first-order chi connectivity index (χ1) is 8.14. The number of halogens is 3. The molecule has 0 spiro atoms. The van der Waals surface area contributed by atoms with E-state index in [2.05, 4.69) is 4.74 Å². The number of hydrogen-bond donors (Lipinski definition) is 0. The zero-order chi connectivity index (χ0) is 14.0. The van der Waals surface area contributed by atoms with Gasteiger partial charge in [0, 0.05) is 0 Å². The average molecular weight is 282 g/mol. The van der Waals surface area contributed by atoms with Crippen LogP contribution in [0.2, 0.25) is 0 Å². The van der Waals surface area contributed by atoms with Crippen LogP contribution >= 0.6 is 0 Å². The van der Waals surface area contributed by atoms with Crippen molar-refractivity contribution in [2.24, 2.45) is 0 Å². The van der Waals surface area contributed by atoms with E-state index < -0.39 is 28.1 Å². The van der Waals surface area contributed by atoms with Gasteiger partial charge in [-0.1, -0.05) is 33.7 Å². The number of carbonyl (C=O) groups is 1. The number of esters is 1. The lowest BCUT2D eigenvalue weighted by Crippen LogP contribution is -2.36. The van der Waals surface area contributed by atoms with Gasteiger partial charge in [-0.05, 0) is 12.5 Å². The number of alkyl halides is 2. The molecule has 1 aromatic rings. The molecule has 0 radical (unpaired) electrons. The van der Waals surface area contributed by atoms with Crippen molar-refractivity contribution in [1.29, 1.82) is 0 Å². The highest BCUT2D eigenvalue weighted by molar-refractivity contribution is 7.88. The second kappa shape index (κ2) is 4.97.